The minimum atomic E-state index is -2.89. The van der Waals surface area contributed by atoms with E-state index in [-0.39, 0.29) is 11.3 Å². The molecule has 5 nitrogen and oxygen atoms in total. The summed E-state index contributed by atoms with van der Waals surface area (Å²) in [6.07, 6.45) is -2.89. The first-order valence-corrected chi connectivity index (χ1v) is 4.01. The van der Waals surface area contributed by atoms with E-state index < -0.39 is 29.3 Å². The summed E-state index contributed by atoms with van der Waals surface area (Å²) in [5.74, 6) is 0. The summed E-state index contributed by atoms with van der Waals surface area (Å²) in [7, 11) is 0. The molecule has 1 aromatic heterocycles. The van der Waals surface area contributed by atoms with E-state index in [1.807, 2.05) is 0 Å². The van der Waals surface area contributed by atoms with Gasteiger partial charge in [0.05, 0.1) is 22.8 Å². The van der Waals surface area contributed by atoms with Gasteiger partial charge in [0.1, 0.15) is 5.69 Å². The zero-order chi connectivity index (χ0) is 11.6. The summed E-state index contributed by atoms with van der Waals surface area (Å²) in [5.41, 5.74) is -1.42. The van der Waals surface area contributed by atoms with Crippen LogP contribution in [0, 0.1) is 17.0 Å². The third kappa shape index (κ3) is 2.24. The van der Waals surface area contributed by atoms with Gasteiger partial charge in [-0.15, -0.1) is 0 Å². The molecule has 0 aliphatic carbocycles. The fraction of sp³-hybridized carbons (Fsp3) is 0.375. The molecule has 0 spiro atoms. The number of hydrogen-bond donors (Lipinski definition) is 1. The van der Waals surface area contributed by atoms with Gasteiger partial charge in [0, 0.05) is 6.07 Å². The summed E-state index contributed by atoms with van der Waals surface area (Å²) in [4.78, 5) is 13.2. The maximum atomic E-state index is 12.4. The molecule has 0 bridgehead atoms. The molecule has 0 saturated heterocycles. The van der Waals surface area contributed by atoms with Crippen molar-refractivity contribution in [3.05, 3.63) is 33.1 Å². The molecule has 0 fully saturated rings. The number of hydrogen-bond acceptors (Lipinski definition) is 4. The fourth-order valence-corrected chi connectivity index (χ4v) is 1.15. The Morgan fingerprint density at radius 3 is 2.67 bits per heavy atom. The predicted octanol–water partition coefficient (Wildman–Crippen LogP) is 1.73. The molecular weight excluding hydrogens is 210 g/mol. The van der Waals surface area contributed by atoms with Gasteiger partial charge in [0.15, 0.2) is 0 Å². The zero-order valence-electron chi connectivity index (χ0n) is 7.78. The highest BCUT2D eigenvalue weighted by Crippen LogP contribution is 2.28. The lowest BCUT2D eigenvalue weighted by atomic mass is 10.1. The first kappa shape index (κ1) is 11.4. The topological polar surface area (TPSA) is 76.3 Å². The quantitative estimate of drug-likeness (QED) is 0.619. The average Bonchev–Trinajstić information content (AvgIpc) is 2.17. The van der Waals surface area contributed by atoms with Crippen LogP contribution >= 0.6 is 0 Å². The van der Waals surface area contributed by atoms with Gasteiger partial charge in [-0.3, -0.25) is 10.1 Å². The second-order valence-corrected chi connectivity index (χ2v) is 2.86. The van der Waals surface area contributed by atoms with Crippen molar-refractivity contribution in [1.82, 2.24) is 4.98 Å². The van der Waals surface area contributed by atoms with Gasteiger partial charge in [-0.2, -0.15) is 0 Å². The van der Waals surface area contributed by atoms with Crippen molar-refractivity contribution in [2.75, 3.05) is 0 Å². The lowest BCUT2D eigenvalue weighted by Crippen LogP contribution is -2.04. The van der Waals surface area contributed by atoms with Crippen LogP contribution in [0.4, 0.5) is 14.5 Å². The molecule has 1 heterocycles. The van der Waals surface area contributed by atoms with Gasteiger partial charge in [0.25, 0.3) is 12.1 Å². The monoisotopic (exact) mass is 218 g/mol. The third-order valence-corrected chi connectivity index (χ3v) is 1.90. The summed E-state index contributed by atoms with van der Waals surface area (Å²) in [6, 6.07) is 0.987. The summed E-state index contributed by atoms with van der Waals surface area (Å²) in [6.45, 7) is 0.592. The molecule has 0 saturated carbocycles. The maximum absolute atomic E-state index is 12.4. The molecule has 1 aromatic rings. The van der Waals surface area contributed by atoms with E-state index in [1.54, 1.807) is 0 Å². The van der Waals surface area contributed by atoms with Crippen LogP contribution in [0.15, 0.2) is 6.07 Å². The number of alkyl halides is 2. The molecule has 0 atom stereocenters. The Labute approximate surface area is 83.5 Å². The molecule has 0 amide bonds. The van der Waals surface area contributed by atoms with Crippen LogP contribution in [0.5, 0.6) is 0 Å². The second kappa shape index (κ2) is 4.26. The van der Waals surface area contributed by atoms with Crippen LogP contribution in [0.25, 0.3) is 0 Å². The van der Waals surface area contributed by atoms with Crippen LogP contribution in [-0.4, -0.2) is 15.0 Å². The van der Waals surface area contributed by atoms with E-state index in [2.05, 4.69) is 4.98 Å². The minimum absolute atomic E-state index is 0.136. The zero-order valence-corrected chi connectivity index (χ0v) is 7.78. The van der Waals surface area contributed by atoms with Crippen LogP contribution in [0.3, 0.4) is 0 Å². The average molecular weight is 218 g/mol. The van der Waals surface area contributed by atoms with Crippen LogP contribution in [-0.2, 0) is 6.61 Å². The molecule has 1 N–H and O–H groups in total. The molecular formula is C8H8F2N2O3. The first-order valence-electron chi connectivity index (χ1n) is 4.01. The summed E-state index contributed by atoms with van der Waals surface area (Å²) < 4.78 is 24.8. The standard InChI is InChI=1S/C8H8F2N2O3/c1-4-6(12(14)15)2-5(3-13)11-7(4)8(9)10/h2,8,13H,3H2,1H3. The predicted molar refractivity (Wildman–Crippen MR) is 46.5 cm³/mol. The smallest absolute Gasteiger partial charge is 0.280 e. The Morgan fingerprint density at radius 2 is 2.27 bits per heavy atom. The number of aliphatic hydroxyl groups excluding tert-OH is 1. The number of rotatable bonds is 3. The van der Waals surface area contributed by atoms with E-state index in [0.29, 0.717) is 0 Å². The highest BCUT2D eigenvalue weighted by molar-refractivity contribution is 5.43. The number of nitro groups is 1. The van der Waals surface area contributed by atoms with Crippen molar-refractivity contribution in [3.63, 3.8) is 0 Å². The Morgan fingerprint density at radius 1 is 1.67 bits per heavy atom. The summed E-state index contributed by atoms with van der Waals surface area (Å²) >= 11 is 0. The van der Waals surface area contributed by atoms with E-state index in [0.717, 1.165) is 6.07 Å². The Kier molecular flexibility index (Phi) is 3.25. The maximum Gasteiger partial charge on any atom is 0.280 e. The van der Waals surface area contributed by atoms with Crippen molar-refractivity contribution in [2.24, 2.45) is 0 Å². The normalized spacial score (nSPS) is 10.7. The van der Waals surface area contributed by atoms with Crippen LogP contribution in [0.2, 0.25) is 0 Å². The van der Waals surface area contributed by atoms with E-state index in [4.69, 9.17) is 5.11 Å². The van der Waals surface area contributed by atoms with Gasteiger partial charge in [-0.25, -0.2) is 13.8 Å². The molecule has 1 rings (SSSR count). The molecule has 0 radical (unpaired) electrons. The highest BCUT2D eigenvalue weighted by atomic mass is 19.3. The second-order valence-electron chi connectivity index (χ2n) is 2.86. The minimum Gasteiger partial charge on any atom is -0.390 e. The molecule has 0 unspecified atom stereocenters. The van der Waals surface area contributed by atoms with E-state index in [9.17, 15) is 18.9 Å². The molecule has 7 heteroatoms. The summed E-state index contributed by atoms with van der Waals surface area (Å²) in [5, 5.41) is 19.2. The number of pyridine rings is 1. The van der Waals surface area contributed by atoms with Crippen molar-refractivity contribution < 1.29 is 18.8 Å². The fourth-order valence-electron chi connectivity index (χ4n) is 1.15. The van der Waals surface area contributed by atoms with Gasteiger partial charge in [0.2, 0.25) is 0 Å². The molecule has 15 heavy (non-hydrogen) atoms. The van der Waals surface area contributed by atoms with Crippen molar-refractivity contribution in [1.29, 1.82) is 0 Å². The number of halogens is 2. The molecule has 0 aliphatic heterocycles. The van der Waals surface area contributed by atoms with Crippen molar-refractivity contribution in [2.45, 2.75) is 20.0 Å². The third-order valence-electron chi connectivity index (χ3n) is 1.90. The van der Waals surface area contributed by atoms with Gasteiger partial charge in [-0.1, -0.05) is 0 Å². The van der Waals surface area contributed by atoms with Gasteiger partial charge < -0.3 is 5.11 Å². The lowest BCUT2D eigenvalue weighted by Gasteiger charge is -2.06. The van der Waals surface area contributed by atoms with Crippen molar-refractivity contribution >= 4 is 5.69 Å². The van der Waals surface area contributed by atoms with Crippen LogP contribution in [0.1, 0.15) is 23.4 Å². The molecule has 0 aromatic carbocycles. The van der Waals surface area contributed by atoms with E-state index >= 15 is 0 Å². The first-order chi connectivity index (χ1) is 6.97. The Balaban J connectivity index is 3.40. The number of aromatic nitrogens is 1. The number of aliphatic hydroxyl groups is 1. The largest absolute Gasteiger partial charge is 0.390 e. The Bertz CT molecular complexity index is 396. The lowest BCUT2D eigenvalue weighted by molar-refractivity contribution is -0.385. The van der Waals surface area contributed by atoms with Gasteiger partial charge in [-0.05, 0) is 6.92 Å². The van der Waals surface area contributed by atoms with Gasteiger partial charge >= 0.3 is 0 Å². The number of nitrogens with zero attached hydrogens (tertiary/aromatic N) is 2. The van der Waals surface area contributed by atoms with Crippen LogP contribution < -0.4 is 0 Å². The van der Waals surface area contributed by atoms with E-state index in [1.165, 1.54) is 6.92 Å². The SMILES string of the molecule is Cc1c([N+](=O)[O-])cc(CO)nc1C(F)F. The molecule has 82 valence electrons. The van der Waals surface area contributed by atoms with Crippen molar-refractivity contribution in [3.8, 4) is 0 Å². The Hall–Kier alpha value is -1.63. The highest BCUT2D eigenvalue weighted by Gasteiger charge is 2.22. The molecule has 0 aliphatic rings.